The SMILES string of the molecule is Cc1cc(N)c(Cl)cc1NC1CCc2ccccc2C1. The van der Waals surface area contributed by atoms with Crippen LogP contribution in [-0.4, -0.2) is 6.04 Å². The van der Waals surface area contributed by atoms with Gasteiger partial charge in [0.1, 0.15) is 0 Å². The van der Waals surface area contributed by atoms with E-state index in [-0.39, 0.29) is 0 Å². The van der Waals surface area contributed by atoms with Crippen molar-refractivity contribution in [2.45, 2.75) is 32.2 Å². The van der Waals surface area contributed by atoms with Crippen LogP contribution in [-0.2, 0) is 12.8 Å². The van der Waals surface area contributed by atoms with Gasteiger partial charge in [-0.25, -0.2) is 0 Å². The zero-order valence-corrected chi connectivity index (χ0v) is 12.4. The second-order valence-corrected chi connectivity index (χ2v) is 5.95. The average Bonchev–Trinajstić information content (AvgIpc) is 2.44. The number of nitrogens with one attached hydrogen (secondary N) is 1. The number of benzene rings is 2. The predicted octanol–water partition coefficient (Wildman–Crippen LogP) is 4.20. The van der Waals surface area contributed by atoms with Gasteiger partial charge < -0.3 is 11.1 Å². The molecule has 3 N–H and O–H groups in total. The quantitative estimate of drug-likeness (QED) is 0.812. The third-order valence-electron chi connectivity index (χ3n) is 4.05. The highest BCUT2D eigenvalue weighted by Crippen LogP contribution is 2.29. The summed E-state index contributed by atoms with van der Waals surface area (Å²) in [6, 6.07) is 13.0. The summed E-state index contributed by atoms with van der Waals surface area (Å²) in [6.45, 7) is 2.06. The Labute approximate surface area is 125 Å². The fourth-order valence-corrected chi connectivity index (χ4v) is 3.06. The average molecular weight is 287 g/mol. The maximum absolute atomic E-state index is 6.12. The molecule has 0 saturated heterocycles. The van der Waals surface area contributed by atoms with Gasteiger partial charge in [0.2, 0.25) is 0 Å². The molecule has 1 unspecified atom stereocenters. The van der Waals surface area contributed by atoms with E-state index in [0.29, 0.717) is 16.8 Å². The van der Waals surface area contributed by atoms with Crippen molar-refractivity contribution >= 4 is 23.0 Å². The Morgan fingerprint density at radius 1 is 1.20 bits per heavy atom. The van der Waals surface area contributed by atoms with Crippen LogP contribution in [0.25, 0.3) is 0 Å². The number of nitrogen functional groups attached to an aromatic ring is 1. The molecule has 3 rings (SSSR count). The Morgan fingerprint density at radius 2 is 1.95 bits per heavy atom. The van der Waals surface area contributed by atoms with Crippen LogP contribution in [0, 0.1) is 6.92 Å². The lowest BCUT2D eigenvalue weighted by Gasteiger charge is -2.27. The first-order valence-electron chi connectivity index (χ1n) is 7.02. The maximum atomic E-state index is 6.12. The van der Waals surface area contributed by atoms with Gasteiger partial charge in [-0.05, 0) is 55.0 Å². The maximum Gasteiger partial charge on any atom is 0.0656 e. The van der Waals surface area contributed by atoms with Gasteiger partial charge in [0.15, 0.2) is 0 Å². The molecule has 3 heteroatoms. The number of halogens is 1. The number of hydrogen-bond donors (Lipinski definition) is 2. The summed E-state index contributed by atoms with van der Waals surface area (Å²) in [4.78, 5) is 0. The number of hydrogen-bond acceptors (Lipinski definition) is 2. The zero-order valence-electron chi connectivity index (χ0n) is 11.6. The highest BCUT2D eigenvalue weighted by atomic mass is 35.5. The molecular weight excluding hydrogens is 268 g/mol. The lowest BCUT2D eigenvalue weighted by molar-refractivity contribution is 0.610. The van der Waals surface area contributed by atoms with Gasteiger partial charge in [0.05, 0.1) is 10.7 Å². The second kappa shape index (κ2) is 5.37. The summed E-state index contributed by atoms with van der Waals surface area (Å²) >= 11 is 6.12. The van der Waals surface area contributed by atoms with Crippen LogP contribution in [0.4, 0.5) is 11.4 Å². The molecule has 1 aliphatic carbocycles. The van der Waals surface area contributed by atoms with E-state index in [4.69, 9.17) is 17.3 Å². The van der Waals surface area contributed by atoms with E-state index in [1.807, 2.05) is 12.1 Å². The lowest BCUT2D eigenvalue weighted by Crippen LogP contribution is -2.27. The van der Waals surface area contributed by atoms with Crippen LogP contribution in [0.3, 0.4) is 0 Å². The molecule has 2 aromatic rings. The minimum atomic E-state index is 0.461. The van der Waals surface area contributed by atoms with E-state index in [1.54, 1.807) is 0 Å². The molecule has 0 aliphatic heterocycles. The molecule has 0 heterocycles. The topological polar surface area (TPSA) is 38.0 Å². The number of nitrogens with two attached hydrogens (primary N) is 1. The predicted molar refractivity (Wildman–Crippen MR) is 86.5 cm³/mol. The van der Waals surface area contributed by atoms with Gasteiger partial charge in [0.25, 0.3) is 0 Å². The van der Waals surface area contributed by atoms with Crippen molar-refractivity contribution < 1.29 is 0 Å². The molecule has 2 aromatic carbocycles. The van der Waals surface area contributed by atoms with Gasteiger partial charge in [0, 0.05) is 11.7 Å². The Hall–Kier alpha value is -1.67. The minimum absolute atomic E-state index is 0.461. The van der Waals surface area contributed by atoms with Gasteiger partial charge in [-0.2, -0.15) is 0 Å². The Bertz CT molecular complexity index is 637. The summed E-state index contributed by atoms with van der Waals surface area (Å²) in [5.41, 5.74) is 11.6. The molecule has 1 aliphatic rings. The van der Waals surface area contributed by atoms with Crippen LogP contribution in [0.1, 0.15) is 23.1 Å². The van der Waals surface area contributed by atoms with E-state index in [2.05, 4.69) is 36.5 Å². The first kappa shape index (κ1) is 13.3. The van der Waals surface area contributed by atoms with E-state index in [9.17, 15) is 0 Å². The molecule has 0 bridgehead atoms. The van der Waals surface area contributed by atoms with Crippen LogP contribution in [0.2, 0.25) is 5.02 Å². The van der Waals surface area contributed by atoms with Crippen molar-refractivity contribution in [2.75, 3.05) is 11.1 Å². The van der Waals surface area contributed by atoms with Crippen molar-refractivity contribution in [1.82, 2.24) is 0 Å². The molecule has 20 heavy (non-hydrogen) atoms. The van der Waals surface area contributed by atoms with E-state index in [1.165, 1.54) is 11.1 Å². The molecule has 0 aromatic heterocycles. The van der Waals surface area contributed by atoms with E-state index >= 15 is 0 Å². The zero-order chi connectivity index (χ0) is 14.1. The van der Waals surface area contributed by atoms with Crippen molar-refractivity contribution in [3.05, 3.63) is 58.1 Å². The summed E-state index contributed by atoms with van der Waals surface area (Å²) in [5, 5.41) is 4.24. The smallest absolute Gasteiger partial charge is 0.0656 e. The fraction of sp³-hybridized carbons (Fsp3) is 0.294. The molecule has 0 radical (unpaired) electrons. The first-order chi connectivity index (χ1) is 9.63. The van der Waals surface area contributed by atoms with Gasteiger partial charge in [-0.3, -0.25) is 0 Å². The molecule has 1 atom stereocenters. The minimum Gasteiger partial charge on any atom is -0.398 e. The number of aryl methyl sites for hydroxylation is 2. The standard InChI is InChI=1S/C17H19ClN2/c1-11-8-16(19)15(18)10-17(11)20-14-7-6-12-4-2-3-5-13(12)9-14/h2-5,8,10,14,20H,6-7,9,19H2,1H3. The van der Waals surface area contributed by atoms with E-state index in [0.717, 1.165) is 30.5 Å². The van der Waals surface area contributed by atoms with Crippen LogP contribution in [0.5, 0.6) is 0 Å². The van der Waals surface area contributed by atoms with Crippen molar-refractivity contribution in [3.63, 3.8) is 0 Å². The number of anilines is 2. The highest BCUT2D eigenvalue weighted by Gasteiger charge is 2.18. The summed E-state index contributed by atoms with van der Waals surface area (Å²) in [6.07, 6.45) is 3.35. The molecule has 0 amide bonds. The van der Waals surface area contributed by atoms with Crippen molar-refractivity contribution in [1.29, 1.82) is 0 Å². The van der Waals surface area contributed by atoms with Gasteiger partial charge >= 0.3 is 0 Å². The van der Waals surface area contributed by atoms with Crippen LogP contribution < -0.4 is 11.1 Å². The monoisotopic (exact) mass is 286 g/mol. The molecule has 0 spiro atoms. The van der Waals surface area contributed by atoms with Crippen LogP contribution in [0.15, 0.2) is 36.4 Å². The van der Waals surface area contributed by atoms with Crippen molar-refractivity contribution in [3.8, 4) is 0 Å². The molecule has 0 fully saturated rings. The summed E-state index contributed by atoms with van der Waals surface area (Å²) in [7, 11) is 0. The third kappa shape index (κ3) is 2.61. The largest absolute Gasteiger partial charge is 0.398 e. The summed E-state index contributed by atoms with van der Waals surface area (Å²) in [5.74, 6) is 0. The highest BCUT2D eigenvalue weighted by molar-refractivity contribution is 6.33. The van der Waals surface area contributed by atoms with Gasteiger partial charge in [-0.15, -0.1) is 0 Å². The molecule has 104 valence electrons. The lowest BCUT2D eigenvalue weighted by atomic mass is 9.88. The third-order valence-corrected chi connectivity index (χ3v) is 4.38. The Kier molecular flexibility index (Phi) is 3.58. The first-order valence-corrected chi connectivity index (χ1v) is 7.40. The molecular formula is C17H19ClN2. The van der Waals surface area contributed by atoms with Crippen molar-refractivity contribution in [2.24, 2.45) is 0 Å². The Balaban J connectivity index is 1.78. The fourth-order valence-electron chi connectivity index (χ4n) is 2.90. The number of rotatable bonds is 2. The van der Waals surface area contributed by atoms with Gasteiger partial charge in [-0.1, -0.05) is 35.9 Å². The second-order valence-electron chi connectivity index (χ2n) is 5.54. The number of fused-ring (bicyclic) bond motifs is 1. The van der Waals surface area contributed by atoms with E-state index < -0.39 is 0 Å². The molecule has 2 nitrogen and oxygen atoms in total. The Morgan fingerprint density at radius 3 is 2.75 bits per heavy atom. The summed E-state index contributed by atoms with van der Waals surface area (Å²) < 4.78 is 0. The van der Waals surface area contributed by atoms with Crippen LogP contribution >= 0.6 is 11.6 Å². The molecule has 0 saturated carbocycles. The normalized spacial score (nSPS) is 17.6.